The van der Waals surface area contributed by atoms with Crippen molar-refractivity contribution in [1.82, 2.24) is 9.97 Å². The predicted octanol–water partition coefficient (Wildman–Crippen LogP) is 0.868. The van der Waals surface area contributed by atoms with Crippen molar-refractivity contribution in [2.45, 2.75) is 4.90 Å². The van der Waals surface area contributed by atoms with Crippen LogP contribution in [0.15, 0.2) is 41.4 Å². The van der Waals surface area contributed by atoms with E-state index >= 15 is 0 Å². The first-order valence-electron chi connectivity index (χ1n) is 5.27. The van der Waals surface area contributed by atoms with Crippen LogP contribution in [0.25, 0.3) is 0 Å². The second-order valence-corrected chi connectivity index (χ2v) is 5.28. The molecule has 1 aromatic heterocycles. The Bertz CT molecular complexity index is 688. The molecule has 0 saturated carbocycles. The summed E-state index contributed by atoms with van der Waals surface area (Å²) in [4.78, 5) is 7.72. The summed E-state index contributed by atoms with van der Waals surface area (Å²) in [5.74, 6) is 0.196. The molecule has 0 atom stereocenters. The SMILES string of the molecule is COc1ccnc(NS(=O)(=O)c2cccc(N)c2)n1. The van der Waals surface area contributed by atoms with Gasteiger partial charge in [-0.05, 0) is 18.2 Å². The molecule has 0 spiro atoms. The van der Waals surface area contributed by atoms with E-state index in [1.807, 2.05) is 0 Å². The number of rotatable bonds is 4. The van der Waals surface area contributed by atoms with Crippen molar-refractivity contribution < 1.29 is 13.2 Å². The molecule has 0 saturated heterocycles. The lowest BCUT2D eigenvalue weighted by atomic mass is 10.3. The highest BCUT2D eigenvalue weighted by atomic mass is 32.2. The van der Waals surface area contributed by atoms with E-state index in [0.29, 0.717) is 5.69 Å². The average Bonchev–Trinajstić information content (AvgIpc) is 2.38. The van der Waals surface area contributed by atoms with Crippen LogP contribution in [0.2, 0.25) is 0 Å². The van der Waals surface area contributed by atoms with Crippen LogP contribution in [0.1, 0.15) is 0 Å². The molecule has 3 N–H and O–H groups in total. The van der Waals surface area contributed by atoms with Crippen molar-refractivity contribution in [3.8, 4) is 5.88 Å². The third-order valence-electron chi connectivity index (χ3n) is 2.23. The van der Waals surface area contributed by atoms with E-state index in [1.54, 1.807) is 12.1 Å². The number of nitrogens with zero attached hydrogens (tertiary/aromatic N) is 2. The maximum absolute atomic E-state index is 12.1. The molecule has 0 radical (unpaired) electrons. The van der Waals surface area contributed by atoms with Crippen molar-refractivity contribution in [2.75, 3.05) is 17.6 Å². The van der Waals surface area contributed by atoms with Crippen molar-refractivity contribution in [3.63, 3.8) is 0 Å². The zero-order valence-corrected chi connectivity index (χ0v) is 10.9. The van der Waals surface area contributed by atoms with Gasteiger partial charge in [-0.1, -0.05) is 6.07 Å². The topological polar surface area (TPSA) is 107 Å². The van der Waals surface area contributed by atoms with Crippen LogP contribution in [0, 0.1) is 0 Å². The lowest BCUT2D eigenvalue weighted by molar-refractivity contribution is 0.397. The summed E-state index contributed by atoms with van der Waals surface area (Å²) >= 11 is 0. The summed E-state index contributed by atoms with van der Waals surface area (Å²) in [6.45, 7) is 0. The van der Waals surface area contributed by atoms with Crippen LogP contribution in [0.3, 0.4) is 0 Å². The Kier molecular flexibility index (Phi) is 3.52. The zero-order valence-electron chi connectivity index (χ0n) is 10.1. The maximum atomic E-state index is 12.1. The number of methoxy groups -OCH3 is 1. The Balaban J connectivity index is 2.31. The normalized spacial score (nSPS) is 11.0. The minimum Gasteiger partial charge on any atom is -0.481 e. The molecule has 0 unspecified atom stereocenters. The summed E-state index contributed by atoms with van der Waals surface area (Å²) in [6.07, 6.45) is 1.39. The Morgan fingerprint density at radius 1 is 1.32 bits per heavy atom. The zero-order chi connectivity index (χ0) is 13.9. The van der Waals surface area contributed by atoms with Gasteiger partial charge >= 0.3 is 0 Å². The van der Waals surface area contributed by atoms with Crippen LogP contribution < -0.4 is 15.2 Å². The molecule has 0 fully saturated rings. The molecule has 100 valence electrons. The molecular formula is C11H12N4O3S. The largest absolute Gasteiger partial charge is 0.481 e. The van der Waals surface area contributed by atoms with Crippen molar-refractivity contribution in [1.29, 1.82) is 0 Å². The standard InChI is InChI=1S/C11H12N4O3S/c1-18-10-5-6-13-11(14-10)15-19(16,17)9-4-2-3-8(12)7-9/h2-7H,12H2,1H3,(H,13,14,15). The molecule has 0 aliphatic rings. The number of nitrogens with one attached hydrogen (secondary N) is 1. The van der Waals surface area contributed by atoms with E-state index in [1.165, 1.54) is 31.5 Å². The van der Waals surface area contributed by atoms with Gasteiger partial charge in [0.1, 0.15) is 0 Å². The van der Waals surface area contributed by atoms with Gasteiger partial charge < -0.3 is 10.5 Å². The molecule has 0 bridgehead atoms. The number of nitrogen functional groups attached to an aromatic ring is 1. The van der Waals surface area contributed by atoms with Gasteiger partial charge in [0.25, 0.3) is 10.0 Å². The molecule has 2 rings (SSSR count). The molecule has 2 aromatic rings. The number of hydrogen-bond acceptors (Lipinski definition) is 6. The van der Waals surface area contributed by atoms with Gasteiger partial charge in [-0.2, -0.15) is 4.98 Å². The lowest BCUT2D eigenvalue weighted by Gasteiger charge is -2.07. The first-order chi connectivity index (χ1) is 9.01. The Labute approximate surface area is 110 Å². The van der Waals surface area contributed by atoms with Gasteiger partial charge in [-0.25, -0.2) is 18.1 Å². The van der Waals surface area contributed by atoms with Crippen LogP contribution in [-0.4, -0.2) is 25.5 Å². The van der Waals surface area contributed by atoms with Crippen molar-refractivity contribution >= 4 is 21.7 Å². The molecule has 8 heteroatoms. The van der Waals surface area contributed by atoms with Crippen molar-refractivity contribution in [2.24, 2.45) is 0 Å². The smallest absolute Gasteiger partial charge is 0.264 e. The summed E-state index contributed by atoms with van der Waals surface area (Å²) in [7, 11) is -2.34. The lowest BCUT2D eigenvalue weighted by Crippen LogP contribution is -2.15. The molecule has 0 aliphatic carbocycles. The fourth-order valence-corrected chi connectivity index (χ4v) is 2.37. The fraction of sp³-hybridized carbons (Fsp3) is 0.0909. The van der Waals surface area contributed by atoms with Crippen molar-refractivity contribution in [3.05, 3.63) is 36.5 Å². The summed E-state index contributed by atoms with van der Waals surface area (Å²) in [6, 6.07) is 7.44. The second-order valence-electron chi connectivity index (χ2n) is 3.60. The fourth-order valence-electron chi connectivity index (χ4n) is 1.37. The number of anilines is 2. The molecule has 19 heavy (non-hydrogen) atoms. The molecular weight excluding hydrogens is 268 g/mol. The quantitative estimate of drug-likeness (QED) is 0.805. The van der Waals surface area contributed by atoms with Crippen LogP contribution in [0.4, 0.5) is 11.6 Å². The molecule has 1 aromatic carbocycles. The molecule has 1 heterocycles. The summed E-state index contributed by atoms with van der Waals surface area (Å²) in [5, 5.41) is 0. The number of benzene rings is 1. The van der Waals surface area contributed by atoms with E-state index in [4.69, 9.17) is 10.5 Å². The third kappa shape index (κ3) is 3.10. The monoisotopic (exact) mass is 280 g/mol. The van der Waals surface area contributed by atoms with Crippen LogP contribution in [-0.2, 0) is 10.0 Å². The maximum Gasteiger partial charge on any atom is 0.264 e. The first kappa shape index (κ1) is 13.1. The van der Waals surface area contributed by atoms with E-state index < -0.39 is 10.0 Å². The van der Waals surface area contributed by atoms with Gasteiger partial charge in [0.05, 0.1) is 12.0 Å². The van der Waals surface area contributed by atoms with E-state index in [0.717, 1.165) is 0 Å². The highest BCUT2D eigenvalue weighted by Gasteiger charge is 2.16. The highest BCUT2D eigenvalue weighted by Crippen LogP contribution is 2.16. The molecule has 0 amide bonds. The number of hydrogen-bond donors (Lipinski definition) is 2. The number of ether oxygens (including phenoxy) is 1. The Hall–Kier alpha value is -2.35. The van der Waals surface area contributed by atoms with Gasteiger partial charge in [0, 0.05) is 18.0 Å². The minimum absolute atomic E-state index is 0.0407. The van der Waals surface area contributed by atoms with Gasteiger partial charge in [-0.3, -0.25) is 0 Å². The van der Waals surface area contributed by atoms with Crippen LogP contribution >= 0.6 is 0 Å². The number of sulfonamides is 1. The Morgan fingerprint density at radius 2 is 2.11 bits per heavy atom. The average molecular weight is 280 g/mol. The molecule has 0 aliphatic heterocycles. The first-order valence-corrected chi connectivity index (χ1v) is 6.75. The predicted molar refractivity (Wildman–Crippen MR) is 70.2 cm³/mol. The minimum atomic E-state index is -3.77. The Morgan fingerprint density at radius 3 is 2.79 bits per heavy atom. The van der Waals surface area contributed by atoms with E-state index in [9.17, 15) is 8.42 Å². The van der Waals surface area contributed by atoms with Gasteiger partial charge in [-0.15, -0.1) is 0 Å². The summed E-state index contributed by atoms with van der Waals surface area (Å²) in [5.41, 5.74) is 5.91. The summed E-state index contributed by atoms with van der Waals surface area (Å²) < 4.78 is 31.3. The van der Waals surface area contributed by atoms with E-state index in [-0.39, 0.29) is 16.7 Å². The highest BCUT2D eigenvalue weighted by molar-refractivity contribution is 7.92. The number of nitrogens with two attached hydrogens (primary N) is 1. The second kappa shape index (κ2) is 5.11. The molecule has 7 nitrogen and oxygen atoms in total. The van der Waals surface area contributed by atoms with Gasteiger partial charge in [0.2, 0.25) is 11.8 Å². The van der Waals surface area contributed by atoms with E-state index in [2.05, 4.69) is 14.7 Å². The van der Waals surface area contributed by atoms with Crippen LogP contribution in [0.5, 0.6) is 5.88 Å². The number of aromatic nitrogens is 2. The third-order valence-corrected chi connectivity index (χ3v) is 3.56. The van der Waals surface area contributed by atoms with Gasteiger partial charge in [0.15, 0.2) is 0 Å².